The molecule has 1 heterocycles. The summed E-state index contributed by atoms with van der Waals surface area (Å²) in [5, 5.41) is 0. The molecule has 1 aromatic carbocycles. The smallest absolute Gasteiger partial charge is 0.252 e. The molecule has 1 N–H and O–H groups in total. The minimum atomic E-state index is -1.31. The monoisotopic (exact) mass is 280 g/mol. The number of fused-ring (bicyclic) bond motifs is 1. The maximum absolute atomic E-state index is 12.5. The Labute approximate surface area is 116 Å². The van der Waals surface area contributed by atoms with Gasteiger partial charge in [0.1, 0.15) is 5.54 Å². The molecule has 2 rings (SSSR count). The number of rotatable bonds is 2. The van der Waals surface area contributed by atoms with Crippen LogP contribution in [0.25, 0.3) is 0 Å². The first-order valence-electron chi connectivity index (χ1n) is 6.25. The van der Waals surface area contributed by atoms with Crippen LogP contribution in [0.3, 0.4) is 0 Å². The van der Waals surface area contributed by atoms with Gasteiger partial charge in [-0.2, -0.15) is 0 Å². The van der Waals surface area contributed by atoms with Crippen LogP contribution in [-0.2, 0) is 21.3 Å². The number of hydrogen-bond acceptors (Lipinski definition) is 2. The molecule has 0 radical (unpaired) electrons. The van der Waals surface area contributed by atoms with Gasteiger partial charge in [0.2, 0.25) is 0 Å². The van der Waals surface area contributed by atoms with Crippen LogP contribution in [0.1, 0.15) is 33.3 Å². The van der Waals surface area contributed by atoms with Gasteiger partial charge >= 0.3 is 0 Å². The predicted octanol–water partition coefficient (Wildman–Crippen LogP) is 1.93. The molecule has 0 saturated carbocycles. The number of anilines is 1. The zero-order chi connectivity index (χ0) is 14.4. The molecule has 0 aromatic heterocycles. The highest BCUT2D eigenvalue weighted by Gasteiger charge is 2.47. The zero-order valence-corrected chi connectivity index (χ0v) is 12.8. The molecule has 1 aliphatic heterocycles. The van der Waals surface area contributed by atoms with Crippen molar-refractivity contribution < 1.29 is 9.00 Å². The number of carbonyl (C=O) groups is 1. The van der Waals surface area contributed by atoms with E-state index >= 15 is 0 Å². The highest BCUT2D eigenvalue weighted by molar-refractivity contribution is 7.84. The molecule has 0 spiro atoms. The van der Waals surface area contributed by atoms with Crippen LogP contribution in [0.15, 0.2) is 24.3 Å². The number of nitrogens with one attached hydrogen (secondary N) is 1. The lowest BCUT2D eigenvalue weighted by atomic mass is 9.95. The first-order chi connectivity index (χ1) is 8.68. The lowest BCUT2D eigenvalue weighted by Gasteiger charge is -2.28. The molecule has 19 heavy (non-hydrogen) atoms. The molecule has 4 nitrogen and oxygen atoms in total. The van der Waals surface area contributed by atoms with Gasteiger partial charge in [-0.3, -0.25) is 4.79 Å². The molecule has 2 atom stereocenters. The normalized spacial score (nSPS) is 24.5. The topological polar surface area (TPSA) is 49.4 Å². The van der Waals surface area contributed by atoms with E-state index < -0.39 is 21.3 Å². The van der Waals surface area contributed by atoms with Gasteiger partial charge in [0.25, 0.3) is 5.91 Å². The van der Waals surface area contributed by atoms with Crippen LogP contribution in [-0.4, -0.2) is 21.9 Å². The molecule has 0 unspecified atom stereocenters. The first-order valence-corrected chi connectivity index (χ1v) is 7.40. The largest absolute Gasteiger partial charge is 0.313 e. The van der Waals surface area contributed by atoms with Crippen molar-refractivity contribution in [2.24, 2.45) is 0 Å². The van der Waals surface area contributed by atoms with Crippen LogP contribution in [0.2, 0.25) is 0 Å². The van der Waals surface area contributed by atoms with E-state index in [0.717, 1.165) is 11.3 Å². The Bertz CT molecular complexity index is 551. The molecular weight excluding hydrogens is 260 g/mol. The summed E-state index contributed by atoms with van der Waals surface area (Å²) in [5.41, 5.74) is 0.817. The van der Waals surface area contributed by atoms with Gasteiger partial charge in [-0.05, 0) is 33.8 Å². The van der Waals surface area contributed by atoms with E-state index in [1.807, 2.05) is 45.0 Å². The number of para-hydroxylation sites is 1. The second-order valence-corrected chi connectivity index (χ2v) is 7.96. The summed E-state index contributed by atoms with van der Waals surface area (Å²) >= 11 is 0. The van der Waals surface area contributed by atoms with Crippen LogP contribution >= 0.6 is 0 Å². The maximum atomic E-state index is 12.5. The Morgan fingerprint density at radius 1 is 1.26 bits per heavy atom. The van der Waals surface area contributed by atoms with Gasteiger partial charge in [0.15, 0.2) is 0 Å². The minimum Gasteiger partial charge on any atom is -0.313 e. The third kappa shape index (κ3) is 2.21. The lowest BCUT2D eigenvalue weighted by Crippen LogP contribution is -2.51. The molecule has 0 fully saturated rings. The van der Waals surface area contributed by atoms with Crippen molar-refractivity contribution in [2.75, 3.05) is 11.9 Å². The van der Waals surface area contributed by atoms with E-state index in [0.29, 0.717) is 0 Å². The van der Waals surface area contributed by atoms with E-state index in [-0.39, 0.29) is 5.91 Å². The first kappa shape index (κ1) is 14.2. The second-order valence-electron chi connectivity index (χ2n) is 5.99. The molecule has 1 aromatic rings. The molecule has 5 heteroatoms. The molecule has 104 valence electrons. The summed E-state index contributed by atoms with van der Waals surface area (Å²) in [7, 11) is 0.437. The number of hydrogen-bond donors (Lipinski definition) is 1. The molecular formula is C14H20N2O2S. The van der Waals surface area contributed by atoms with Gasteiger partial charge in [-0.1, -0.05) is 18.2 Å². The Morgan fingerprint density at radius 2 is 1.84 bits per heavy atom. The van der Waals surface area contributed by atoms with Crippen molar-refractivity contribution in [3.63, 3.8) is 0 Å². The average molecular weight is 280 g/mol. The van der Waals surface area contributed by atoms with Crippen LogP contribution in [0.5, 0.6) is 0 Å². The molecule has 0 saturated heterocycles. The quantitative estimate of drug-likeness (QED) is 0.900. The van der Waals surface area contributed by atoms with E-state index in [2.05, 4.69) is 4.72 Å². The summed E-state index contributed by atoms with van der Waals surface area (Å²) in [6, 6.07) is 7.60. The SMILES string of the molecule is CN1C(=O)[C@](C)(N[S@](=O)C(C)(C)C)c2ccccc21. The van der Waals surface area contributed by atoms with Crippen LogP contribution in [0.4, 0.5) is 5.69 Å². The van der Waals surface area contributed by atoms with Gasteiger partial charge in [-0.25, -0.2) is 8.93 Å². The fourth-order valence-electron chi connectivity index (χ4n) is 2.19. The Kier molecular flexibility index (Phi) is 3.31. The predicted molar refractivity (Wildman–Crippen MR) is 78.2 cm³/mol. The van der Waals surface area contributed by atoms with Crippen molar-refractivity contribution in [1.29, 1.82) is 0 Å². The summed E-state index contributed by atoms with van der Waals surface area (Å²) < 4.78 is 14.9. The molecule has 1 amide bonds. The Hall–Kier alpha value is -1.20. The van der Waals surface area contributed by atoms with Crippen molar-refractivity contribution in [2.45, 2.75) is 38.0 Å². The fraction of sp³-hybridized carbons (Fsp3) is 0.500. The average Bonchev–Trinajstić information content (AvgIpc) is 2.52. The number of likely N-dealkylation sites (N-methyl/N-ethyl adjacent to an activating group) is 1. The highest BCUT2D eigenvalue weighted by atomic mass is 32.2. The number of carbonyl (C=O) groups excluding carboxylic acids is 1. The van der Waals surface area contributed by atoms with Gasteiger partial charge in [0, 0.05) is 18.3 Å². The fourth-order valence-corrected chi connectivity index (χ4v) is 3.06. The zero-order valence-electron chi connectivity index (χ0n) is 12.0. The van der Waals surface area contributed by atoms with Gasteiger partial charge in [-0.15, -0.1) is 0 Å². The van der Waals surface area contributed by atoms with Crippen molar-refractivity contribution in [3.8, 4) is 0 Å². The number of nitrogens with zero attached hydrogens (tertiary/aromatic N) is 1. The molecule has 0 bridgehead atoms. The van der Waals surface area contributed by atoms with E-state index in [1.54, 1.807) is 18.9 Å². The Balaban J connectivity index is 2.44. The standard InChI is InChI=1S/C14H20N2O2S/c1-13(2,3)19(18)15-14(4)10-8-6-7-9-11(10)16(5)12(14)17/h6-9,15H,1-5H3/t14-,19-/m1/s1. The van der Waals surface area contributed by atoms with E-state index in [4.69, 9.17) is 0 Å². The number of amides is 1. The summed E-state index contributed by atoms with van der Waals surface area (Å²) in [5.74, 6) is -0.0775. The summed E-state index contributed by atoms with van der Waals surface area (Å²) in [6.45, 7) is 7.44. The van der Waals surface area contributed by atoms with Gasteiger partial charge in [0.05, 0.1) is 15.7 Å². The maximum Gasteiger partial charge on any atom is 0.252 e. The Morgan fingerprint density at radius 3 is 2.42 bits per heavy atom. The third-order valence-corrected chi connectivity index (χ3v) is 5.10. The van der Waals surface area contributed by atoms with Crippen molar-refractivity contribution in [3.05, 3.63) is 29.8 Å². The molecule has 0 aliphatic carbocycles. The highest BCUT2D eigenvalue weighted by Crippen LogP contribution is 2.39. The van der Waals surface area contributed by atoms with Crippen LogP contribution in [0, 0.1) is 0 Å². The number of benzene rings is 1. The van der Waals surface area contributed by atoms with Crippen LogP contribution < -0.4 is 9.62 Å². The summed E-state index contributed by atoms with van der Waals surface area (Å²) in [4.78, 5) is 14.1. The minimum absolute atomic E-state index is 0.0775. The third-order valence-electron chi connectivity index (χ3n) is 3.39. The molecule has 1 aliphatic rings. The van der Waals surface area contributed by atoms with E-state index in [9.17, 15) is 9.00 Å². The van der Waals surface area contributed by atoms with Crippen molar-refractivity contribution >= 4 is 22.6 Å². The summed E-state index contributed by atoms with van der Waals surface area (Å²) in [6.07, 6.45) is 0. The van der Waals surface area contributed by atoms with Gasteiger partial charge < -0.3 is 4.90 Å². The second kappa shape index (κ2) is 4.42. The lowest BCUT2D eigenvalue weighted by molar-refractivity contribution is -0.122. The van der Waals surface area contributed by atoms with Crippen molar-refractivity contribution in [1.82, 2.24) is 4.72 Å². The van der Waals surface area contributed by atoms with E-state index in [1.165, 1.54) is 0 Å².